The molecular formula is C25H36N4O. The van der Waals surface area contributed by atoms with Gasteiger partial charge in [0.15, 0.2) is 0 Å². The van der Waals surface area contributed by atoms with Crippen LogP contribution in [0.25, 0.3) is 21.8 Å². The van der Waals surface area contributed by atoms with E-state index < -0.39 is 0 Å². The second kappa shape index (κ2) is 8.99. The first-order valence-corrected chi connectivity index (χ1v) is 11.1. The molecule has 5 nitrogen and oxygen atoms in total. The van der Waals surface area contributed by atoms with Crippen LogP contribution in [0, 0.1) is 19.8 Å². The second-order valence-corrected chi connectivity index (χ2v) is 8.60. The molecule has 162 valence electrons. The third-order valence-electron chi connectivity index (χ3n) is 6.28. The predicted octanol–water partition coefficient (Wildman–Crippen LogP) is 5.83. The van der Waals surface area contributed by atoms with Crippen LogP contribution in [0.5, 0.6) is 0 Å². The molecule has 2 amide bonds. The van der Waals surface area contributed by atoms with Crippen molar-refractivity contribution in [2.24, 2.45) is 11.7 Å². The van der Waals surface area contributed by atoms with Crippen molar-refractivity contribution in [3.8, 4) is 0 Å². The number of carbonyl (C=O) groups is 1. The third kappa shape index (κ3) is 3.98. The Kier molecular flexibility index (Phi) is 6.59. The highest BCUT2D eigenvalue weighted by Crippen LogP contribution is 2.38. The zero-order valence-corrected chi connectivity index (χ0v) is 19.2. The lowest BCUT2D eigenvalue weighted by Crippen LogP contribution is -2.40. The van der Waals surface area contributed by atoms with E-state index in [0.717, 1.165) is 13.0 Å². The van der Waals surface area contributed by atoms with E-state index in [1.807, 2.05) is 6.92 Å². The summed E-state index contributed by atoms with van der Waals surface area (Å²) in [6.07, 6.45) is 0.990. The first-order valence-electron chi connectivity index (χ1n) is 11.1. The number of anilines is 1. The van der Waals surface area contributed by atoms with Crippen molar-refractivity contribution < 1.29 is 4.79 Å². The molecule has 1 aromatic heterocycles. The molecule has 0 saturated carbocycles. The van der Waals surface area contributed by atoms with Gasteiger partial charge < -0.3 is 20.5 Å². The van der Waals surface area contributed by atoms with Crippen LogP contribution in [0.1, 0.15) is 51.3 Å². The molecule has 0 spiro atoms. The topological polar surface area (TPSA) is 63.3 Å². The molecule has 30 heavy (non-hydrogen) atoms. The van der Waals surface area contributed by atoms with Gasteiger partial charge >= 0.3 is 6.03 Å². The first kappa shape index (κ1) is 22.0. The van der Waals surface area contributed by atoms with Crippen LogP contribution < -0.4 is 11.1 Å². The van der Waals surface area contributed by atoms with Gasteiger partial charge in [-0.25, -0.2) is 4.79 Å². The van der Waals surface area contributed by atoms with Gasteiger partial charge in [0.1, 0.15) is 0 Å². The fraction of sp³-hybridized carbons (Fsp3) is 0.480. The number of primary amides is 1. The van der Waals surface area contributed by atoms with Gasteiger partial charge in [0, 0.05) is 47.7 Å². The summed E-state index contributed by atoms with van der Waals surface area (Å²) in [6.45, 7) is 15.2. The van der Waals surface area contributed by atoms with Crippen LogP contribution in [0.15, 0.2) is 30.3 Å². The Hall–Kier alpha value is -2.69. The number of nitrogens with two attached hydrogens (primary N) is 1. The van der Waals surface area contributed by atoms with Crippen LogP contribution in [-0.2, 0) is 0 Å². The number of fused-ring (bicyclic) bond motifs is 3. The van der Waals surface area contributed by atoms with Crippen molar-refractivity contribution in [1.82, 2.24) is 9.47 Å². The van der Waals surface area contributed by atoms with Crippen LogP contribution in [0.4, 0.5) is 10.5 Å². The fourth-order valence-electron chi connectivity index (χ4n) is 4.62. The normalized spacial score (nSPS) is 12.6. The molecule has 1 unspecified atom stereocenters. The number of para-hydroxylation sites is 1. The Morgan fingerprint density at radius 2 is 1.87 bits per heavy atom. The van der Waals surface area contributed by atoms with Gasteiger partial charge in [0.2, 0.25) is 0 Å². The summed E-state index contributed by atoms with van der Waals surface area (Å²) < 4.78 is 2.44. The molecule has 0 aliphatic rings. The maximum Gasteiger partial charge on any atom is 0.314 e. The lowest BCUT2D eigenvalue weighted by molar-refractivity contribution is 0.200. The summed E-state index contributed by atoms with van der Waals surface area (Å²) in [6, 6.07) is 11.0. The van der Waals surface area contributed by atoms with Gasteiger partial charge in [-0.05, 0) is 70.2 Å². The third-order valence-corrected chi connectivity index (χ3v) is 6.28. The van der Waals surface area contributed by atoms with Gasteiger partial charge in [-0.2, -0.15) is 0 Å². The predicted molar refractivity (Wildman–Crippen MR) is 128 cm³/mol. The first-order chi connectivity index (χ1) is 14.3. The Morgan fingerprint density at radius 3 is 2.47 bits per heavy atom. The number of aromatic nitrogens is 1. The maximum atomic E-state index is 11.6. The average Bonchev–Trinajstić information content (AvgIpc) is 3.03. The molecular weight excluding hydrogens is 372 g/mol. The average molecular weight is 409 g/mol. The smallest absolute Gasteiger partial charge is 0.314 e. The Bertz CT molecular complexity index is 1050. The highest BCUT2D eigenvalue weighted by molar-refractivity contribution is 6.11. The molecule has 0 radical (unpaired) electrons. The van der Waals surface area contributed by atoms with Gasteiger partial charge in [-0.1, -0.05) is 25.1 Å². The summed E-state index contributed by atoms with van der Waals surface area (Å²) in [7, 11) is 0. The van der Waals surface area contributed by atoms with E-state index >= 15 is 0 Å². The van der Waals surface area contributed by atoms with Crippen molar-refractivity contribution in [1.29, 1.82) is 0 Å². The van der Waals surface area contributed by atoms with Crippen molar-refractivity contribution in [2.75, 3.05) is 25.0 Å². The van der Waals surface area contributed by atoms with E-state index in [1.165, 1.54) is 38.6 Å². The van der Waals surface area contributed by atoms with Gasteiger partial charge in [-0.3, -0.25) is 0 Å². The number of urea groups is 1. The molecule has 3 aromatic rings. The van der Waals surface area contributed by atoms with Gasteiger partial charge in [0.25, 0.3) is 0 Å². The fourth-order valence-corrected chi connectivity index (χ4v) is 4.62. The van der Waals surface area contributed by atoms with Gasteiger partial charge in [0.05, 0.1) is 5.52 Å². The van der Waals surface area contributed by atoms with Gasteiger partial charge in [-0.15, -0.1) is 0 Å². The number of amides is 2. The minimum absolute atomic E-state index is 0.341. The maximum absolute atomic E-state index is 11.6. The number of nitrogens with one attached hydrogen (secondary N) is 1. The standard InChI is InChI=1S/C25H36N4O/c1-7-19(15-28(8-2)25(26)30)14-27-24-17(5)13-22-23(18(24)6)20-11-9-10-12-21(20)29(22)16(3)4/h9-13,16,19,27H,7-8,14-15H2,1-6H3,(H2,26,30). The SMILES string of the molecule is CCC(CNc1c(C)cc2c(c1C)c1ccccc1n2C(C)C)CN(CC)C(N)=O. The highest BCUT2D eigenvalue weighted by Gasteiger charge is 2.19. The van der Waals surface area contributed by atoms with Crippen molar-refractivity contribution in [3.63, 3.8) is 0 Å². The zero-order valence-electron chi connectivity index (χ0n) is 19.2. The Balaban J connectivity index is 1.99. The summed E-state index contributed by atoms with van der Waals surface area (Å²) in [4.78, 5) is 13.3. The minimum atomic E-state index is -0.341. The summed E-state index contributed by atoms with van der Waals surface area (Å²) in [5, 5.41) is 6.34. The molecule has 5 heteroatoms. The number of rotatable bonds is 8. The largest absolute Gasteiger partial charge is 0.384 e. The molecule has 1 heterocycles. The number of hydrogen-bond donors (Lipinski definition) is 2. The van der Waals surface area contributed by atoms with Crippen LogP contribution in [0.3, 0.4) is 0 Å². The molecule has 0 aliphatic carbocycles. The summed E-state index contributed by atoms with van der Waals surface area (Å²) in [5.74, 6) is 0.351. The van der Waals surface area contributed by atoms with Crippen LogP contribution in [-0.4, -0.2) is 35.1 Å². The number of hydrogen-bond acceptors (Lipinski definition) is 2. The monoisotopic (exact) mass is 408 g/mol. The van der Waals surface area contributed by atoms with E-state index in [2.05, 4.69) is 74.8 Å². The minimum Gasteiger partial charge on any atom is -0.384 e. The molecule has 0 fully saturated rings. The zero-order chi connectivity index (χ0) is 22.0. The Labute approximate surface area is 180 Å². The lowest BCUT2D eigenvalue weighted by atomic mass is 10.0. The molecule has 3 N–H and O–H groups in total. The van der Waals surface area contributed by atoms with Crippen LogP contribution in [0.2, 0.25) is 0 Å². The van der Waals surface area contributed by atoms with E-state index in [0.29, 0.717) is 25.0 Å². The lowest BCUT2D eigenvalue weighted by Gasteiger charge is -2.26. The van der Waals surface area contributed by atoms with E-state index in [-0.39, 0.29) is 6.03 Å². The molecule has 0 saturated heterocycles. The molecule has 2 aromatic carbocycles. The van der Waals surface area contributed by atoms with E-state index in [4.69, 9.17) is 5.73 Å². The second-order valence-electron chi connectivity index (χ2n) is 8.60. The van der Waals surface area contributed by atoms with Crippen molar-refractivity contribution in [3.05, 3.63) is 41.5 Å². The molecule has 3 rings (SSSR count). The molecule has 0 bridgehead atoms. The summed E-state index contributed by atoms with van der Waals surface area (Å²) in [5.41, 5.74) is 11.8. The highest BCUT2D eigenvalue weighted by atomic mass is 16.2. The quantitative estimate of drug-likeness (QED) is 0.492. The Morgan fingerprint density at radius 1 is 1.17 bits per heavy atom. The number of nitrogens with zero attached hydrogens (tertiary/aromatic N) is 2. The molecule has 0 aliphatic heterocycles. The summed E-state index contributed by atoms with van der Waals surface area (Å²) >= 11 is 0. The van der Waals surface area contributed by atoms with Crippen LogP contribution >= 0.6 is 0 Å². The van der Waals surface area contributed by atoms with E-state index in [9.17, 15) is 4.79 Å². The number of aryl methyl sites for hydroxylation is 2. The van der Waals surface area contributed by atoms with Crippen molar-refractivity contribution in [2.45, 2.75) is 54.0 Å². The van der Waals surface area contributed by atoms with E-state index in [1.54, 1.807) is 4.90 Å². The number of benzene rings is 2. The number of carbonyl (C=O) groups excluding carboxylic acids is 1. The molecule has 1 atom stereocenters. The van der Waals surface area contributed by atoms with Crippen molar-refractivity contribution >= 4 is 33.5 Å².